The third kappa shape index (κ3) is 3.80. The monoisotopic (exact) mass is 260 g/mol. The van der Waals surface area contributed by atoms with Gasteiger partial charge in [0.15, 0.2) is 0 Å². The number of amides is 1. The fraction of sp³-hybridized carbons (Fsp3) is 0.562. The summed E-state index contributed by atoms with van der Waals surface area (Å²) in [4.78, 5) is 12.1. The molecule has 1 aliphatic carbocycles. The van der Waals surface area contributed by atoms with Crippen molar-refractivity contribution in [2.45, 2.75) is 45.1 Å². The highest BCUT2D eigenvalue weighted by atomic mass is 16.1. The van der Waals surface area contributed by atoms with Crippen LogP contribution in [0, 0.1) is 5.92 Å². The fourth-order valence-corrected chi connectivity index (χ4v) is 2.85. The highest BCUT2D eigenvalue weighted by Crippen LogP contribution is 2.27. The maximum Gasteiger partial charge on any atom is 0.251 e. The molecule has 1 saturated carbocycles. The zero-order chi connectivity index (χ0) is 13.7. The van der Waals surface area contributed by atoms with Gasteiger partial charge in [0.05, 0.1) is 0 Å². The molecule has 104 valence electrons. The van der Waals surface area contributed by atoms with Crippen molar-refractivity contribution in [2.24, 2.45) is 11.7 Å². The number of carbonyl (C=O) groups excluding carboxylic acids is 1. The summed E-state index contributed by atoms with van der Waals surface area (Å²) in [6, 6.07) is 8.03. The third-order valence-electron chi connectivity index (χ3n) is 4.11. The molecular formula is C16H24N2O. The lowest BCUT2D eigenvalue weighted by molar-refractivity contribution is 0.0927. The lowest BCUT2D eigenvalue weighted by Gasteiger charge is -2.20. The Morgan fingerprint density at radius 2 is 1.95 bits per heavy atom. The molecule has 0 spiro atoms. The molecule has 0 radical (unpaired) electrons. The molecule has 0 bridgehead atoms. The summed E-state index contributed by atoms with van der Waals surface area (Å²) in [5, 5.41) is 3.13. The number of hydrogen-bond donors (Lipinski definition) is 2. The predicted octanol–water partition coefficient (Wildman–Crippen LogP) is 2.50. The van der Waals surface area contributed by atoms with Crippen LogP contribution in [0.15, 0.2) is 24.3 Å². The minimum absolute atomic E-state index is 0.0405. The first-order valence-corrected chi connectivity index (χ1v) is 7.30. The molecule has 1 aromatic carbocycles. The molecule has 1 fully saturated rings. The Bertz CT molecular complexity index is 407. The van der Waals surface area contributed by atoms with Gasteiger partial charge in [-0.3, -0.25) is 4.79 Å². The van der Waals surface area contributed by atoms with Crippen molar-refractivity contribution < 1.29 is 4.79 Å². The van der Waals surface area contributed by atoms with Gasteiger partial charge in [0.2, 0.25) is 0 Å². The number of nitrogens with two attached hydrogens (primary N) is 1. The van der Waals surface area contributed by atoms with Crippen LogP contribution in [0.2, 0.25) is 0 Å². The van der Waals surface area contributed by atoms with Gasteiger partial charge in [0.25, 0.3) is 5.91 Å². The topological polar surface area (TPSA) is 55.1 Å². The molecule has 1 aliphatic rings. The molecule has 1 amide bonds. The van der Waals surface area contributed by atoms with E-state index in [4.69, 9.17) is 5.73 Å². The predicted molar refractivity (Wildman–Crippen MR) is 78.1 cm³/mol. The average Bonchev–Trinajstić information content (AvgIpc) is 2.94. The summed E-state index contributed by atoms with van der Waals surface area (Å²) in [5.74, 6) is 0.694. The lowest BCUT2D eigenvalue weighted by Crippen LogP contribution is -2.37. The van der Waals surface area contributed by atoms with Crippen LogP contribution in [-0.4, -0.2) is 18.5 Å². The van der Waals surface area contributed by atoms with Crippen molar-refractivity contribution in [3.63, 3.8) is 0 Å². The van der Waals surface area contributed by atoms with Gasteiger partial charge < -0.3 is 11.1 Å². The second-order valence-corrected chi connectivity index (χ2v) is 5.54. The Kier molecular flexibility index (Phi) is 4.97. The molecule has 0 aliphatic heterocycles. The molecule has 3 nitrogen and oxygen atoms in total. The Hall–Kier alpha value is -1.35. The van der Waals surface area contributed by atoms with Crippen molar-refractivity contribution in [3.05, 3.63) is 35.4 Å². The standard InChI is InChI=1S/C16H24N2O/c1-12(14-4-2-3-5-14)18-16(19)15-8-6-13(7-9-15)10-11-17/h6-9,12,14H,2-5,10-11,17H2,1H3,(H,18,19). The van der Waals surface area contributed by atoms with Crippen molar-refractivity contribution >= 4 is 5.91 Å². The van der Waals surface area contributed by atoms with E-state index in [9.17, 15) is 4.79 Å². The SMILES string of the molecule is CC(NC(=O)c1ccc(CCN)cc1)C1CCCC1. The molecule has 1 atom stereocenters. The smallest absolute Gasteiger partial charge is 0.251 e. The Morgan fingerprint density at radius 3 is 2.53 bits per heavy atom. The van der Waals surface area contributed by atoms with E-state index in [1.54, 1.807) is 0 Å². The number of carbonyl (C=O) groups is 1. The summed E-state index contributed by atoms with van der Waals surface area (Å²) in [6.45, 7) is 2.76. The van der Waals surface area contributed by atoms with Crippen LogP contribution in [0.5, 0.6) is 0 Å². The first kappa shape index (κ1) is 14.1. The molecular weight excluding hydrogens is 236 g/mol. The van der Waals surface area contributed by atoms with Gasteiger partial charge in [-0.15, -0.1) is 0 Å². The van der Waals surface area contributed by atoms with Crippen molar-refractivity contribution in [2.75, 3.05) is 6.54 Å². The minimum atomic E-state index is 0.0405. The Labute approximate surface area is 115 Å². The third-order valence-corrected chi connectivity index (χ3v) is 4.11. The molecule has 0 saturated heterocycles. The second kappa shape index (κ2) is 6.71. The molecule has 0 aromatic heterocycles. The van der Waals surface area contributed by atoms with Gasteiger partial charge in [-0.05, 0) is 56.3 Å². The van der Waals surface area contributed by atoms with Crippen molar-refractivity contribution in [1.29, 1.82) is 0 Å². The summed E-state index contributed by atoms with van der Waals surface area (Å²) in [7, 11) is 0. The van der Waals surface area contributed by atoms with Gasteiger partial charge >= 0.3 is 0 Å². The van der Waals surface area contributed by atoms with E-state index in [-0.39, 0.29) is 11.9 Å². The van der Waals surface area contributed by atoms with Gasteiger partial charge in [0.1, 0.15) is 0 Å². The molecule has 2 rings (SSSR count). The summed E-state index contributed by atoms with van der Waals surface area (Å²) >= 11 is 0. The van der Waals surface area contributed by atoms with Crippen molar-refractivity contribution in [3.8, 4) is 0 Å². The van der Waals surface area contributed by atoms with Crippen LogP contribution in [0.4, 0.5) is 0 Å². The number of benzene rings is 1. The zero-order valence-corrected chi connectivity index (χ0v) is 11.7. The van der Waals surface area contributed by atoms with Gasteiger partial charge in [0, 0.05) is 11.6 Å². The minimum Gasteiger partial charge on any atom is -0.349 e. The van der Waals surface area contributed by atoms with Crippen LogP contribution in [0.3, 0.4) is 0 Å². The first-order valence-electron chi connectivity index (χ1n) is 7.30. The second-order valence-electron chi connectivity index (χ2n) is 5.54. The highest BCUT2D eigenvalue weighted by Gasteiger charge is 2.22. The van der Waals surface area contributed by atoms with E-state index in [1.807, 2.05) is 24.3 Å². The summed E-state index contributed by atoms with van der Waals surface area (Å²) in [5.41, 5.74) is 7.44. The summed E-state index contributed by atoms with van der Waals surface area (Å²) < 4.78 is 0. The van der Waals surface area contributed by atoms with E-state index < -0.39 is 0 Å². The molecule has 0 heterocycles. The van der Waals surface area contributed by atoms with E-state index in [0.29, 0.717) is 12.5 Å². The quantitative estimate of drug-likeness (QED) is 0.854. The summed E-state index contributed by atoms with van der Waals surface area (Å²) in [6.07, 6.45) is 5.96. The van der Waals surface area contributed by atoms with E-state index in [1.165, 1.54) is 31.2 Å². The zero-order valence-electron chi connectivity index (χ0n) is 11.7. The van der Waals surface area contributed by atoms with Crippen LogP contribution >= 0.6 is 0 Å². The van der Waals surface area contributed by atoms with Crippen LogP contribution in [0.1, 0.15) is 48.5 Å². The van der Waals surface area contributed by atoms with E-state index >= 15 is 0 Å². The molecule has 3 N–H and O–H groups in total. The molecule has 19 heavy (non-hydrogen) atoms. The van der Waals surface area contributed by atoms with E-state index in [2.05, 4.69) is 12.2 Å². The van der Waals surface area contributed by atoms with Gasteiger partial charge in [-0.25, -0.2) is 0 Å². The highest BCUT2D eigenvalue weighted by molar-refractivity contribution is 5.94. The lowest BCUT2D eigenvalue weighted by atomic mass is 9.99. The van der Waals surface area contributed by atoms with Crippen molar-refractivity contribution in [1.82, 2.24) is 5.32 Å². The van der Waals surface area contributed by atoms with Crippen LogP contribution in [-0.2, 0) is 6.42 Å². The fourth-order valence-electron chi connectivity index (χ4n) is 2.85. The molecule has 1 aromatic rings. The maximum atomic E-state index is 12.1. The Balaban J connectivity index is 1.91. The molecule has 3 heteroatoms. The van der Waals surface area contributed by atoms with Gasteiger partial charge in [-0.1, -0.05) is 25.0 Å². The van der Waals surface area contributed by atoms with E-state index in [0.717, 1.165) is 12.0 Å². The van der Waals surface area contributed by atoms with Crippen LogP contribution in [0.25, 0.3) is 0 Å². The number of hydrogen-bond acceptors (Lipinski definition) is 2. The van der Waals surface area contributed by atoms with Gasteiger partial charge in [-0.2, -0.15) is 0 Å². The van der Waals surface area contributed by atoms with Crippen LogP contribution < -0.4 is 11.1 Å². The number of nitrogens with one attached hydrogen (secondary N) is 1. The number of rotatable bonds is 5. The maximum absolute atomic E-state index is 12.1. The molecule has 1 unspecified atom stereocenters. The Morgan fingerprint density at radius 1 is 1.32 bits per heavy atom. The normalized spacial score (nSPS) is 17.4. The first-order chi connectivity index (χ1) is 9.20. The largest absolute Gasteiger partial charge is 0.349 e. The average molecular weight is 260 g/mol.